The summed E-state index contributed by atoms with van der Waals surface area (Å²) in [6.45, 7) is 9.97. The van der Waals surface area contributed by atoms with Gasteiger partial charge in [0.05, 0.1) is 30.5 Å². The Balaban J connectivity index is 1.90. The Labute approximate surface area is 225 Å². The SMILES string of the molecule is CCOC(=O)c1sc(N2C(=O)C(=O)C(=C(O)c3cccc(OCC)c3)C2c2ccc(C(C)C)cc2)nc1C. The van der Waals surface area contributed by atoms with E-state index in [1.807, 2.05) is 31.2 Å². The second-order valence-corrected chi connectivity index (χ2v) is 10.1. The number of aryl methyl sites for hydroxylation is 1. The molecule has 0 aliphatic carbocycles. The largest absolute Gasteiger partial charge is 0.507 e. The molecular weight excluding hydrogens is 504 g/mol. The van der Waals surface area contributed by atoms with Crippen LogP contribution in [-0.2, 0) is 14.3 Å². The molecule has 1 aromatic heterocycles. The van der Waals surface area contributed by atoms with Gasteiger partial charge in [-0.1, -0.05) is 61.6 Å². The lowest BCUT2D eigenvalue weighted by Crippen LogP contribution is -2.29. The van der Waals surface area contributed by atoms with E-state index in [4.69, 9.17) is 9.47 Å². The summed E-state index contributed by atoms with van der Waals surface area (Å²) in [5.74, 6) is -1.73. The first kappa shape index (κ1) is 27.1. The van der Waals surface area contributed by atoms with Gasteiger partial charge in [-0.05, 0) is 49.9 Å². The van der Waals surface area contributed by atoms with Gasteiger partial charge in [-0.3, -0.25) is 14.5 Å². The van der Waals surface area contributed by atoms with Crippen molar-refractivity contribution in [1.82, 2.24) is 4.98 Å². The molecule has 9 heteroatoms. The second-order valence-electron chi connectivity index (χ2n) is 9.08. The summed E-state index contributed by atoms with van der Waals surface area (Å²) < 4.78 is 10.7. The van der Waals surface area contributed by atoms with Crippen LogP contribution < -0.4 is 9.64 Å². The van der Waals surface area contributed by atoms with Crippen LogP contribution in [-0.4, -0.2) is 41.0 Å². The molecule has 1 aliphatic heterocycles. The molecule has 198 valence electrons. The van der Waals surface area contributed by atoms with Gasteiger partial charge in [0.25, 0.3) is 5.78 Å². The summed E-state index contributed by atoms with van der Waals surface area (Å²) in [7, 11) is 0. The molecule has 1 unspecified atom stereocenters. The van der Waals surface area contributed by atoms with Crippen molar-refractivity contribution in [3.63, 3.8) is 0 Å². The van der Waals surface area contributed by atoms with Crippen LogP contribution in [0.5, 0.6) is 5.75 Å². The third-order valence-electron chi connectivity index (χ3n) is 6.23. The Morgan fingerprint density at radius 1 is 1.11 bits per heavy atom. The van der Waals surface area contributed by atoms with E-state index in [-0.39, 0.29) is 33.9 Å². The van der Waals surface area contributed by atoms with Crippen LogP contribution in [0.3, 0.4) is 0 Å². The lowest BCUT2D eigenvalue weighted by atomic mass is 9.93. The maximum Gasteiger partial charge on any atom is 0.350 e. The fourth-order valence-corrected chi connectivity index (χ4v) is 5.32. The summed E-state index contributed by atoms with van der Waals surface area (Å²) >= 11 is 0.979. The Morgan fingerprint density at radius 3 is 2.45 bits per heavy atom. The van der Waals surface area contributed by atoms with Gasteiger partial charge >= 0.3 is 11.9 Å². The van der Waals surface area contributed by atoms with Gasteiger partial charge in [-0.25, -0.2) is 9.78 Å². The van der Waals surface area contributed by atoms with E-state index in [1.165, 1.54) is 4.90 Å². The molecule has 2 heterocycles. The van der Waals surface area contributed by atoms with E-state index >= 15 is 0 Å². The maximum absolute atomic E-state index is 13.5. The van der Waals surface area contributed by atoms with Gasteiger partial charge in [0, 0.05) is 5.56 Å². The van der Waals surface area contributed by atoms with Crippen molar-refractivity contribution in [2.75, 3.05) is 18.1 Å². The van der Waals surface area contributed by atoms with Crippen molar-refractivity contribution in [2.45, 2.75) is 46.6 Å². The fraction of sp³-hybridized carbons (Fsp3) is 0.310. The van der Waals surface area contributed by atoms with E-state index in [0.29, 0.717) is 29.2 Å². The molecule has 1 amide bonds. The molecule has 1 aliphatic rings. The molecule has 4 rings (SSSR count). The minimum atomic E-state index is -0.951. The average molecular weight is 535 g/mol. The number of Topliss-reactive ketones (excluding diaryl/α,β-unsaturated/α-hetero) is 1. The second kappa shape index (κ2) is 11.2. The van der Waals surface area contributed by atoms with Gasteiger partial charge in [0.2, 0.25) is 0 Å². The molecule has 1 N–H and O–H groups in total. The van der Waals surface area contributed by atoms with Crippen molar-refractivity contribution in [3.8, 4) is 5.75 Å². The van der Waals surface area contributed by atoms with Crippen molar-refractivity contribution in [2.24, 2.45) is 0 Å². The van der Waals surface area contributed by atoms with Crippen LogP contribution in [0.1, 0.15) is 71.7 Å². The van der Waals surface area contributed by atoms with Crippen LogP contribution in [0, 0.1) is 6.92 Å². The van der Waals surface area contributed by atoms with Gasteiger partial charge < -0.3 is 14.6 Å². The summed E-state index contributed by atoms with van der Waals surface area (Å²) in [6.07, 6.45) is 0. The lowest BCUT2D eigenvalue weighted by molar-refractivity contribution is -0.132. The Hall–Kier alpha value is -3.98. The zero-order valence-corrected chi connectivity index (χ0v) is 22.8. The molecule has 1 saturated heterocycles. The number of hydrogen-bond donors (Lipinski definition) is 1. The number of aliphatic hydroxyl groups excluding tert-OH is 1. The molecule has 0 spiro atoms. The van der Waals surface area contributed by atoms with Gasteiger partial charge in [0.1, 0.15) is 16.4 Å². The van der Waals surface area contributed by atoms with Crippen molar-refractivity contribution < 1.29 is 29.0 Å². The number of thiazole rings is 1. The third-order valence-corrected chi connectivity index (χ3v) is 7.37. The number of ether oxygens (including phenoxy) is 2. The number of amides is 1. The number of carbonyl (C=O) groups is 3. The zero-order chi connectivity index (χ0) is 27.6. The zero-order valence-electron chi connectivity index (χ0n) is 22.0. The highest BCUT2D eigenvalue weighted by Crippen LogP contribution is 2.44. The molecule has 1 atom stereocenters. The highest BCUT2D eigenvalue weighted by molar-refractivity contribution is 7.17. The number of esters is 1. The van der Waals surface area contributed by atoms with Gasteiger partial charge in [0.15, 0.2) is 5.13 Å². The predicted molar refractivity (Wildman–Crippen MR) is 146 cm³/mol. The number of aromatic nitrogens is 1. The first-order chi connectivity index (χ1) is 18.2. The Bertz CT molecular complexity index is 1410. The molecule has 0 saturated carbocycles. The van der Waals surface area contributed by atoms with Crippen LogP contribution in [0.25, 0.3) is 5.76 Å². The van der Waals surface area contributed by atoms with Crippen molar-refractivity contribution in [3.05, 3.63) is 81.4 Å². The quantitative estimate of drug-likeness (QED) is 0.169. The maximum atomic E-state index is 13.5. The van der Waals surface area contributed by atoms with Gasteiger partial charge in [-0.2, -0.15) is 0 Å². The molecule has 1 fully saturated rings. The summed E-state index contributed by atoms with van der Waals surface area (Å²) in [5.41, 5.74) is 2.39. The van der Waals surface area contributed by atoms with Crippen LogP contribution in [0.4, 0.5) is 5.13 Å². The average Bonchev–Trinajstić information content (AvgIpc) is 3.41. The van der Waals surface area contributed by atoms with Crippen molar-refractivity contribution in [1.29, 1.82) is 0 Å². The highest BCUT2D eigenvalue weighted by atomic mass is 32.1. The number of anilines is 1. The van der Waals surface area contributed by atoms with E-state index in [2.05, 4.69) is 18.8 Å². The Morgan fingerprint density at radius 2 is 1.82 bits per heavy atom. The first-order valence-corrected chi connectivity index (χ1v) is 13.3. The van der Waals surface area contributed by atoms with Crippen LogP contribution >= 0.6 is 11.3 Å². The Kier molecular flexibility index (Phi) is 7.97. The monoisotopic (exact) mass is 534 g/mol. The summed E-state index contributed by atoms with van der Waals surface area (Å²) in [6, 6.07) is 13.3. The smallest absolute Gasteiger partial charge is 0.350 e. The minimum absolute atomic E-state index is 0.0634. The lowest BCUT2D eigenvalue weighted by Gasteiger charge is -2.23. The number of benzene rings is 2. The molecule has 2 aromatic carbocycles. The normalized spacial score (nSPS) is 16.8. The van der Waals surface area contributed by atoms with E-state index in [1.54, 1.807) is 38.1 Å². The predicted octanol–water partition coefficient (Wildman–Crippen LogP) is 5.78. The number of aliphatic hydroxyl groups is 1. The van der Waals surface area contributed by atoms with Crippen LogP contribution in [0.2, 0.25) is 0 Å². The summed E-state index contributed by atoms with van der Waals surface area (Å²) in [4.78, 5) is 45.3. The number of carbonyl (C=O) groups excluding carboxylic acids is 3. The molecule has 38 heavy (non-hydrogen) atoms. The fourth-order valence-electron chi connectivity index (χ4n) is 4.34. The number of hydrogen-bond acceptors (Lipinski definition) is 8. The van der Waals surface area contributed by atoms with Gasteiger partial charge in [-0.15, -0.1) is 0 Å². The molecule has 0 bridgehead atoms. The third kappa shape index (κ3) is 5.06. The summed E-state index contributed by atoms with van der Waals surface area (Å²) in [5, 5.41) is 11.6. The molecule has 0 radical (unpaired) electrons. The first-order valence-electron chi connectivity index (χ1n) is 12.5. The molecular formula is C29H30N2O6S. The van der Waals surface area contributed by atoms with E-state index in [9.17, 15) is 19.5 Å². The standard InChI is InChI=1S/C29H30N2O6S/c1-6-36-21-10-8-9-20(15-21)24(32)22-23(19-13-11-18(12-14-19)16(3)4)31(27(34)25(22)33)29-30-17(5)26(38-29)28(35)37-7-2/h8-16,23,32H,6-7H2,1-5H3. The molecule has 8 nitrogen and oxygen atoms in total. The van der Waals surface area contributed by atoms with E-state index < -0.39 is 23.7 Å². The highest BCUT2D eigenvalue weighted by Gasteiger charge is 2.48. The van der Waals surface area contributed by atoms with Crippen molar-refractivity contribution >= 4 is 39.9 Å². The number of nitrogens with zero attached hydrogens (tertiary/aromatic N) is 2. The van der Waals surface area contributed by atoms with E-state index in [0.717, 1.165) is 16.9 Å². The van der Waals surface area contributed by atoms with Crippen LogP contribution in [0.15, 0.2) is 54.1 Å². The number of ketones is 1. The number of rotatable bonds is 8. The molecule has 3 aromatic rings. The topological polar surface area (TPSA) is 106 Å². The minimum Gasteiger partial charge on any atom is -0.507 e.